The van der Waals surface area contributed by atoms with E-state index >= 15 is 0 Å². The standard InChI is InChI=1S/C23H34N4O3S/c1-16-6-4-5-10-25(16)11-7-19(28)26-12-8-23(30,9-13-26)14-27-15-24-21-20(22(27)29)17(2)18(3)31-21/h15-16,30H,4-14H2,1-3H3/t16-/m0/s1. The van der Waals surface area contributed by atoms with Gasteiger partial charge in [-0.05, 0) is 58.6 Å². The van der Waals surface area contributed by atoms with Crippen molar-refractivity contribution in [2.75, 3.05) is 26.2 Å². The highest BCUT2D eigenvalue weighted by Crippen LogP contribution is 2.27. The summed E-state index contributed by atoms with van der Waals surface area (Å²) in [6, 6.07) is 0.563. The molecule has 1 atom stereocenters. The summed E-state index contributed by atoms with van der Waals surface area (Å²) >= 11 is 1.53. The van der Waals surface area contributed by atoms with Crippen LogP contribution in [0.2, 0.25) is 0 Å². The summed E-state index contributed by atoms with van der Waals surface area (Å²) in [5.41, 5.74) is -0.104. The molecule has 2 fully saturated rings. The van der Waals surface area contributed by atoms with Gasteiger partial charge in [0.1, 0.15) is 4.83 Å². The van der Waals surface area contributed by atoms with E-state index in [-0.39, 0.29) is 18.0 Å². The molecule has 7 nitrogen and oxygen atoms in total. The molecule has 2 aromatic rings. The van der Waals surface area contributed by atoms with Gasteiger partial charge in [0.15, 0.2) is 0 Å². The highest BCUT2D eigenvalue weighted by Gasteiger charge is 2.35. The first-order valence-electron chi connectivity index (χ1n) is 11.5. The maximum Gasteiger partial charge on any atom is 0.262 e. The minimum absolute atomic E-state index is 0.0885. The Kier molecular flexibility index (Phi) is 6.51. The van der Waals surface area contributed by atoms with Crippen LogP contribution in [0, 0.1) is 13.8 Å². The van der Waals surface area contributed by atoms with Crippen molar-refractivity contribution in [3.8, 4) is 0 Å². The number of fused-ring (bicyclic) bond motifs is 1. The van der Waals surface area contributed by atoms with Gasteiger partial charge in [0.2, 0.25) is 5.91 Å². The maximum atomic E-state index is 13.0. The van der Waals surface area contributed by atoms with Gasteiger partial charge in [-0.25, -0.2) is 4.98 Å². The zero-order chi connectivity index (χ0) is 22.2. The number of aliphatic hydroxyl groups is 1. The molecule has 2 aliphatic rings. The number of piperidine rings is 2. The van der Waals surface area contributed by atoms with Crippen molar-refractivity contribution in [3.63, 3.8) is 0 Å². The van der Waals surface area contributed by atoms with E-state index in [0.29, 0.717) is 43.8 Å². The van der Waals surface area contributed by atoms with Crippen molar-refractivity contribution in [2.45, 2.75) is 77.5 Å². The predicted octanol–water partition coefficient (Wildman–Crippen LogP) is 2.69. The molecule has 0 spiro atoms. The quantitative estimate of drug-likeness (QED) is 0.764. The van der Waals surface area contributed by atoms with Crippen molar-refractivity contribution >= 4 is 27.5 Å². The molecule has 0 aromatic carbocycles. The lowest BCUT2D eigenvalue weighted by Gasteiger charge is -2.39. The van der Waals surface area contributed by atoms with E-state index in [4.69, 9.17) is 0 Å². The lowest BCUT2D eigenvalue weighted by molar-refractivity contribution is -0.136. The molecule has 0 aliphatic carbocycles. The summed E-state index contributed by atoms with van der Waals surface area (Å²) in [5.74, 6) is 0.171. The zero-order valence-electron chi connectivity index (χ0n) is 18.9. The molecule has 170 valence electrons. The summed E-state index contributed by atoms with van der Waals surface area (Å²) in [5, 5.41) is 11.8. The third kappa shape index (κ3) is 4.71. The van der Waals surface area contributed by atoms with Gasteiger partial charge >= 0.3 is 0 Å². The minimum atomic E-state index is -0.990. The van der Waals surface area contributed by atoms with Crippen LogP contribution >= 0.6 is 11.3 Å². The van der Waals surface area contributed by atoms with E-state index in [1.54, 1.807) is 6.33 Å². The fourth-order valence-corrected chi connectivity index (χ4v) is 5.90. The number of carbonyl (C=O) groups is 1. The SMILES string of the molecule is Cc1sc2ncn(CC3(O)CCN(C(=O)CCN4CCCC[C@@H]4C)CC3)c(=O)c2c1C. The number of nitrogens with zero attached hydrogens (tertiary/aromatic N) is 4. The van der Waals surface area contributed by atoms with Crippen molar-refractivity contribution in [3.05, 3.63) is 27.1 Å². The zero-order valence-corrected chi connectivity index (χ0v) is 19.7. The molecule has 4 heterocycles. The number of hydrogen-bond acceptors (Lipinski definition) is 6. The smallest absolute Gasteiger partial charge is 0.262 e. The van der Waals surface area contributed by atoms with Gasteiger partial charge in [-0.2, -0.15) is 0 Å². The molecule has 0 saturated carbocycles. The van der Waals surface area contributed by atoms with E-state index in [0.717, 1.165) is 28.4 Å². The van der Waals surface area contributed by atoms with Gasteiger partial charge in [-0.1, -0.05) is 6.42 Å². The number of rotatable bonds is 5. The molecule has 2 saturated heterocycles. The minimum Gasteiger partial charge on any atom is -0.388 e. The van der Waals surface area contributed by atoms with Gasteiger partial charge in [0.25, 0.3) is 5.56 Å². The van der Waals surface area contributed by atoms with Crippen molar-refractivity contribution in [1.82, 2.24) is 19.4 Å². The lowest BCUT2D eigenvalue weighted by Crippen LogP contribution is -2.50. The summed E-state index contributed by atoms with van der Waals surface area (Å²) in [6.45, 7) is 9.39. The Morgan fingerprint density at radius 2 is 2.00 bits per heavy atom. The van der Waals surface area contributed by atoms with Crippen LogP contribution in [0.4, 0.5) is 0 Å². The number of likely N-dealkylation sites (tertiary alicyclic amines) is 2. The van der Waals surface area contributed by atoms with Gasteiger partial charge in [0, 0.05) is 37.0 Å². The average Bonchev–Trinajstić information content (AvgIpc) is 3.04. The monoisotopic (exact) mass is 446 g/mol. The van der Waals surface area contributed by atoms with E-state index < -0.39 is 5.60 Å². The normalized spacial score (nSPS) is 22.2. The van der Waals surface area contributed by atoms with E-state index in [1.807, 2.05) is 18.7 Å². The summed E-state index contributed by atoms with van der Waals surface area (Å²) in [7, 11) is 0. The van der Waals surface area contributed by atoms with Crippen LogP contribution in [0.25, 0.3) is 10.2 Å². The van der Waals surface area contributed by atoms with Gasteiger partial charge in [-0.3, -0.25) is 14.2 Å². The lowest BCUT2D eigenvalue weighted by atomic mass is 9.91. The number of aryl methyl sites for hydroxylation is 2. The Balaban J connectivity index is 1.35. The third-order valence-electron chi connectivity index (χ3n) is 7.22. The van der Waals surface area contributed by atoms with Gasteiger partial charge in [-0.15, -0.1) is 11.3 Å². The molecule has 0 bridgehead atoms. The summed E-state index contributed by atoms with van der Waals surface area (Å²) in [4.78, 5) is 36.3. The molecule has 0 radical (unpaired) electrons. The van der Waals surface area contributed by atoms with Crippen LogP contribution < -0.4 is 5.56 Å². The Bertz CT molecular complexity index is 1010. The van der Waals surface area contributed by atoms with Crippen LogP contribution in [0.5, 0.6) is 0 Å². The predicted molar refractivity (Wildman–Crippen MR) is 124 cm³/mol. The number of hydrogen-bond donors (Lipinski definition) is 1. The molecule has 2 aliphatic heterocycles. The topological polar surface area (TPSA) is 78.7 Å². The Hall–Kier alpha value is -1.77. The second-order valence-corrected chi connectivity index (χ2v) is 10.6. The third-order valence-corrected chi connectivity index (χ3v) is 8.34. The second kappa shape index (κ2) is 9.00. The first kappa shape index (κ1) is 22.4. The van der Waals surface area contributed by atoms with E-state index in [2.05, 4.69) is 16.8 Å². The molecule has 1 amide bonds. The Morgan fingerprint density at radius 3 is 2.71 bits per heavy atom. The van der Waals surface area contributed by atoms with Crippen LogP contribution in [0.15, 0.2) is 11.1 Å². The maximum absolute atomic E-state index is 13.0. The molecule has 31 heavy (non-hydrogen) atoms. The summed E-state index contributed by atoms with van der Waals surface area (Å²) < 4.78 is 1.54. The Morgan fingerprint density at radius 1 is 1.26 bits per heavy atom. The van der Waals surface area contributed by atoms with E-state index in [9.17, 15) is 14.7 Å². The Labute approximate surface area is 187 Å². The number of amides is 1. The first-order chi connectivity index (χ1) is 14.8. The van der Waals surface area contributed by atoms with Crippen LogP contribution in [0.3, 0.4) is 0 Å². The summed E-state index contributed by atoms with van der Waals surface area (Å²) in [6.07, 6.45) is 6.77. The molecule has 4 rings (SSSR count). The molecule has 2 aromatic heterocycles. The van der Waals surface area contributed by atoms with Crippen molar-refractivity contribution < 1.29 is 9.90 Å². The van der Waals surface area contributed by atoms with Gasteiger partial charge in [0.05, 0.1) is 23.9 Å². The molecule has 8 heteroatoms. The van der Waals surface area contributed by atoms with Crippen LogP contribution in [-0.2, 0) is 11.3 Å². The number of aromatic nitrogens is 2. The number of carbonyl (C=O) groups excluding carboxylic acids is 1. The fourth-order valence-electron chi connectivity index (χ4n) is 4.92. The second-order valence-electron chi connectivity index (χ2n) is 9.38. The molecule has 0 unspecified atom stereocenters. The molecule has 1 N–H and O–H groups in total. The van der Waals surface area contributed by atoms with Crippen molar-refractivity contribution in [1.29, 1.82) is 0 Å². The van der Waals surface area contributed by atoms with Crippen LogP contribution in [0.1, 0.15) is 55.9 Å². The van der Waals surface area contributed by atoms with Gasteiger partial charge < -0.3 is 14.9 Å². The first-order valence-corrected chi connectivity index (χ1v) is 12.3. The highest BCUT2D eigenvalue weighted by molar-refractivity contribution is 7.18. The average molecular weight is 447 g/mol. The number of thiophene rings is 1. The van der Waals surface area contributed by atoms with Crippen LogP contribution in [-0.4, -0.2) is 68.2 Å². The molecular formula is C23H34N4O3S. The highest BCUT2D eigenvalue weighted by atomic mass is 32.1. The largest absolute Gasteiger partial charge is 0.388 e. The molecular weight excluding hydrogens is 412 g/mol. The van der Waals surface area contributed by atoms with Crippen molar-refractivity contribution in [2.24, 2.45) is 0 Å². The van der Waals surface area contributed by atoms with E-state index in [1.165, 1.54) is 35.2 Å². The fraction of sp³-hybridized carbons (Fsp3) is 0.696.